The number of aryl methyl sites for hydroxylation is 1. The number of aromatic nitrogens is 4. The summed E-state index contributed by atoms with van der Waals surface area (Å²) in [7, 11) is 0. The first-order valence-electron chi connectivity index (χ1n) is 9.72. The molecule has 0 spiro atoms. The van der Waals surface area contributed by atoms with Gasteiger partial charge >= 0.3 is 0 Å². The summed E-state index contributed by atoms with van der Waals surface area (Å²) in [6.07, 6.45) is 2.38. The third kappa shape index (κ3) is 4.43. The van der Waals surface area contributed by atoms with Gasteiger partial charge in [0.2, 0.25) is 5.91 Å². The Morgan fingerprint density at radius 3 is 2.81 bits per heavy atom. The molecule has 0 aliphatic heterocycles. The van der Waals surface area contributed by atoms with E-state index in [1.807, 2.05) is 48.5 Å². The first-order chi connectivity index (χ1) is 15.1. The van der Waals surface area contributed by atoms with Crippen molar-refractivity contribution >= 4 is 46.1 Å². The minimum Gasteiger partial charge on any atom is -0.319 e. The number of hydrogen-bond acceptors (Lipinski definition) is 5. The molecule has 1 amide bonds. The van der Waals surface area contributed by atoms with Crippen molar-refractivity contribution in [3.8, 4) is 11.8 Å². The molecule has 0 saturated heterocycles. The zero-order valence-corrected chi connectivity index (χ0v) is 18.3. The lowest BCUT2D eigenvalue weighted by Gasteiger charge is -2.10. The second kappa shape index (κ2) is 9.25. The molecule has 2 aromatic carbocycles. The van der Waals surface area contributed by atoms with Gasteiger partial charge in [-0.2, -0.15) is 10.4 Å². The van der Waals surface area contributed by atoms with Crippen molar-refractivity contribution in [2.45, 2.75) is 25.0 Å². The van der Waals surface area contributed by atoms with E-state index in [4.69, 9.17) is 11.6 Å². The van der Waals surface area contributed by atoms with Crippen molar-refractivity contribution in [2.24, 2.45) is 0 Å². The molecular formula is C22H19ClN6OS. The molecule has 0 aliphatic rings. The molecule has 2 aromatic heterocycles. The predicted octanol–water partition coefficient (Wildman–Crippen LogP) is 4.89. The normalized spacial score (nSPS) is 10.9. The van der Waals surface area contributed by atoms with Crippen molar-refractivity contribution in [3.05, 3.63) is 65.3 Å². The summed E-state index contributed by atoms with van der Waals surface area (Å²) in [4.78, 5) is 17.4. The van der Waals surface area contributed by atoms with E-state index < -0.39 is 0 Å². The number of fused-ring (bicyclic) bond motifs is 1. The maximum absolute atomic E-state index is 12.7. The van der Waals surface area contributed by atoms with E-state index in [1.54, 1.807) is 4.68 Å². The summed E-state index contributed by atoms with van der Waals surface area (Å²) < 4.78 is 3.65. The summed E-state index contributed by atoms with van der Waals surface area (Å²) in [6.45, 7) is 2.89. The molecule has 0 fully saturated rings. The fraction of sp³-hybridized carbons (Fsp3) is 0.182. The van der Waals surface area contributed by atoms with Crippen LogP contribution >= 0.6 is 23.4 Å². The van der Waals surface area contributed by atoms with E-state index in [2.05, 4.69) is 33.0 Å². The molecule has 0 bridgehead atoms. The second-order valence-electron chi connectivity index (χ2n) is 6.78. The second-order valence-corrected chi connectivity index (χ2v) is 8.16. The lowest BCUT2D eigenvalue weighted by Crippen LogP contribution is -2.18. The van der Waals surface area contributed by atoms with Gasteiger partial charge in [0, 0.05) is 11.6 Å². The quantitative estimate of drug-likeness (QED) is 0.405. The van der Waals surface area contributed by atoms with Crippen LogP contribution in [0.15, 0.2) is 59.9 Å². The van der Waals surface area contributed by atoms with Crippen LogP contribution in [0.4, 0.5) is 5.82 Å². The highest BCUT2D eigenvalue weighted by Gasteiger charge is 2.17. The maximum Gasteiger partial charge on any atom is 0.236 e. The van der Waals surface area contributed by atoms with Gasteiger partial charge in [-0.25, -0.2) is 9.67 Å². The average Bonchev–Trinajstić information content (AvgIpc) is 3.33. The standard InChI is InChI=1S/C22H19ClN6OS/c1-2-10-28-19-9-8-16(23)11-18(19)26-22(28)31-14-20(30)27-21-15(12-24)13-25-29(21)17-6-4-3-5-7-17/h3-9,11,13H,2,10,14H2,1H3,(H,27,30). The van der Waals surface area contributed by atoms with E-state index >= 15 is 0 Å². The van der Waals surface area contributed by atoms with Gasteiger partial charge in [0.15, 0.2) is 11.0 Å². The topological polar surface area (TPSA) is 88.5 Å². The number of halogens is 1. The highest BCUT2D eigenvalue weighted by Crippen LogP contribution is 2.27. The summed E-state index contributed by atoms with van der Waals surface area (Å²) in [5.74, 6) is 0.256. The van der Waals surface area contributed by atoms with Crippen LogP contribution in [-0.4, -0.2) is 31.0 Å². The third-order valence-electron chi connectivity index (χ3n) is 4.60. The Bertz CT molecular complexity index is 1270. The van der Waals surface area contributed by atoms with Gasteiger partial charge in [-0.15, -0.1) is 0 Å². The predicted molar refractivity (Wildman–Crippen MR) is 123 cm³/mol. The van der Waals surface area contributed by atoms with E-state index in [0.717, 1.165) is 34.8 Å². The molecule has 0 radical (unpaired) electrons. The molecule has 31 heavy (non-hydrogen) atoms. The molecule has 0 saturated carbocycles. The van der Waals surface area contributed by atoms with Crippen LogP contribution in [0, 0.1) is 11.3 Å². The first kappa shape index (κ1) is 21.0. The lowest BCUT2D eigenvalue weighted by molar-refractivity contribution is -0.113. The molecule has 9 heteroatoms. The first-order valence-corrected chi connectivity index (χ1v) is 11.1. The summed E-state index contributed by atoms with van der Waals surface area (Å²) >= 11 is 7.45. The fourth-order valence-corrected chi connectivity index (χ4v) is 4.25. The number of hydrogen-bond donors (Lipinski definition) is 1. The van der Waals surface area contributed by atoms with Gasteiger partial charge in [-0.3, -0.25) is 4.79 Å². The number of amides is 1. The Kier molecular flexibility index (Phi) is 6.26. The summed E-state index contributed by atoms with van der Waals surface area (Å²) in [5.41, 5.74) is 2.85. The molecule has 2 heterocycles. The number of benzene rings is 2. The van der Waals surface area contributed by atoms with Gasteiger partial charge in [0.1, 0.15) is 11.6 Å². The number of nitrogens with one attached hydrogen (secondary N) is 1. The minimum atomic E-state index is -0.243. The fourth-order valence-electron chi connectivity index (χ4n) is 3.24. The molecule has 7 nitrogen and oxygen atoms in total. The smallest absolute Gasteiger partial charge is 0.236 e. The van der Waals surface area contributed by atoms with Crippen molar-refractivity contribution in [1.29, 1.82) is 5.26 Å². The summed E-state index contributed by atoms with van der Waals surface area (Å²) in [6, 6.07) is 17.0. The highest BCUT2D eigenvalue weighted by molar-refractivity contribution is 7.99. The van der Waals surface area contributed by atoms with Crippen LogP contribution in [0.5, 0.6) is 0 Å². The van der Waals surface area contributed by atoms with Crippen molar-refractivity contribution in [3.63, 3.8) is 0 Å². The van der Waals surface area contributed by atoms with Crippen LogP contribution in [-0.2, 0) is 11.3 Å². The van der Waals surface area contributed by atoms with Crippen molar-refractivity contribution in [2.75, 3.05) is 11.1 Å². The number of carbonyl (C=O) groups is 1. The number of anilines is 1. The number of thioether (sulfide) groups is 1. The van der Waals surface area contributed by atoms with Crippen molar-refractivity contribution < 1.29 is 4.79 Å². The Morgan fingerprint density at radius 2 is 2.06 bits per heavy atom. The SMILES string of the molecule is CCCn1c(SCC(=O)Nc2c(C#N)cnn2-c2ccccc2)nc2cc(Cl)ccc21. The van der Waals surface area contributed by atoms with Gasteiger partial charge in [-0.05, 0) is 36.8 Å². The maximum atomic E-state index is 12.7. The third-order valence-corrected chi connectivity index (χ3v) is 5.81. The van der Waals surface area contributed by atoms with Gasteiger partial charge in [0.25, 0.3) is 0 Å². The van der Waals surface area contributed by atoms with Crippen LogP contribution in [0.25, 0.3) is 16.7 Å². The Hall–Kier alpha value is -3.28. The van der Waals surface area contributed by atoms with E-state index in [9.17, 15) is 10.1 Å². The zero-order valence-electron chi connectivity index (χ0n) is 16.7. The molecule has 4 aromatic rings. The molecule has 156 valence electrons. The monoisotopic (exact) mass is 450 g/mol. The number of imidazole rings is 1. The lowest BCUT2D eigenvalue weighted by atomic mass is 10.3. The van der Waals surface area contributed by atoms with Gasteiger partial charge in [-0.1, -0.05) is 48.5 Å². The zero-order chi connectivity index (χ0) is 21.8. The van der Waals surface area contributed by atoms with Gasteiger partial charge < -0.3 is 9.88 Å². The van der Waals surface area contributed by atoms with Crippen LogP contribution in [0.2, 0.25) is 5.02 Å². The van der Waals surface area contributed by atoms with Gasteiger partial charge in [0.05, 0.1) is 28.7 Å². The Morgan fingerprint density at radius 1 is 1.26 bits per heavy atom. The molecule has 0 atom stereocenters. The van der Waals surface area contributed by atoms with Crippen LogP contribution in [0.3, 0.4) is 0 Å². The number of carbonyl (C=O) groups excluding carboxylic acids is 1. The number of nitrogens with zero attached hydrogens (tertiary/aromatic N) is 5. The van der Waals surface area contributed by atoms with E-state index in [-0.39, 0.29) is 11.7 Å². The van der Waals surface area contributed by atoms with Crippen LogP contribution in [0.1, 0.15) is 18.9 Å². The molecule has 0 aliphatic carbocycles. The Balaban J connectivity index is 1.54. The van der Waals surface area contributed by atoms with E-state index in [1.165, 1.54) is 18.0 Å². The number of nitriles is 1. The highest BCUT2D eigenvalue weighted by atomic mass is 35.5. The molecule has 4 rings (SSSR count). The average molecular weight is 451 g/mol. The van der Waals surface area contributed by atoms with Crippen LogP contribution < -0.4 is 5.32 Å². The number of rotatable bonds is 7. The minimum absolute atomic E-state index is 0.144. The van der Waals surface area contributed by atoms with E-state index in [0.29, 0.717) is 16.4 Å². The summed E-state index contributed by atoms with van der Waals surface area (Å²) in [5, 5.41) is 17.9. The molecular weight excluding hydrogens is 432 g/mol. The molecule has 1 N–H and O–H groups in total. The molecule has 0 unspecified atom stereocenters. The van der Waals surface area contributed by atoms with Crippen molar-refractivity contribution in [1.82, 2.24) is 19.3 Å². The Labute approximate surface area is 188 Å². The largest absolute Gasteiger partial charge is 0.319 e. The number of para-hydroxylation sites is 1.